The van der Waals surface area contributed by atoms with Crippen LogP contribution in [0.1, 0.15) is 52.3 Å². The number of amides is 1. The lowest BCUT2D eigenvalue weighted by atomic mass is 10.2. The van der Waals surface area contributed by atoms with E-state index >= 15 is 0 Å². The third kappa shape index (κ3) is 6.47. The van der Waals surface area contributed by atoms with Gasteiger partial charge < -0.3 is 15.4 Å². The predicted molar refractivity (Wildman–Crippen MR) is 87.7 cm³/mol. The van der Waals surface area contributed by atoms with Crippen molar-refractivity contribution in [1.29, 1.82) is 0 Å². The van der Waals surface area contributed by atoms with Gasteiger partial charge in [-0.2, -0.15) is 5.10 Å². The Morgan fingerprint density at radius 2 is 2.09 bits per heavy atom. The second kappa shape index (κ2) is 8.17. The fourth-order valence-corrected chi connectivity index (χ4v) is 2.18. The number of nitrogens with one attached hydrogen (secondary N) is 2. The van der Waals surface area contributed by atoms with E-state index in [-0.39, 0.29) is 12.1 Å². The monoisotopic (exact) mass is 310 g/mol. The van der Waals surface area contributed by atoms with Crippen LogP contribution in [0, 0.1) is 0 Å². The van der Waals surface area contributed by atoms with Crippen LogP contribution in [0.2, 0.25) is 0 Å². The Bertz CT molecular complexity index is 477. The van der Waals surface area contributed by atoms with E-state index in [4.69, 9.17) is 4.74 Å². The molecule has 0 bridgehead atoms. The lowest BCUT2D eigenvalue weighted by Gasteiger charge is -2.23. The lowest BCUT2D eigenvalue weighted by Crippen LogP contribution is -2.43. The maximum absolute atomic E-state index is 11.8. The van der Waals surface area contributed by atoms with E-state index in [9.17, 15) is 4.79 Å². The molecule has 0 aromatic carbocycles. The van der Waals surface area contributed by atoms with Gasteiger partial charge in [0.25, 0.3) is 0 Å². The molecule has 0 saturated heterocycles. The first-order valence-electron chi connectivity index (χ1n) is 7.96. The summed E-state index contributed by atoms with van der Waals surface area (Å²) in [6, 6.07) is 0.0524. The quantitative estimate of drug-likeness (QED) is 0.811. The van der Waals surface area contributed by atoms with Crippen molar-refractivity contribution in [3.8, 4) is 0 Å². The van der Waals surface area contributed by atoms with Gasteiger partial charge in [-0.05, 0) is 33.6 Å². The highest BCUT2D eigenvalue weighted by atomic mass is 16.6. The number of carbonyl (C=O) groups excluding carboxylic acids is 1. The molecule has 1 aromatic rings. The van der Waals surface area contributed by atoms with Crippen molar-refractivity contribution in [1.82, 2.24) is 20.4 Å². The molecule has 0 fully saturated rings. The van der Waals surface area contributed by atoms with Crippen LogP contribution in [0.25, 0.3) is 0 Å². The number of hydrogen-bond donors (Lipinski definition) is 2. The highest BCUT2D eigenvalue weighted by Crippen LogP contribution is 2.08. The Hall–Kier alpha value is -1.56. The van der Waals surface area contributed by atoms with Crippen LogP contribution in [0.3, 0.4) is 0 Å². The minimum Gasteiger partial charge on any atom is -0.444 e. The summed E-state index contributed by atoms with van der Waals surface area (Å²) in [4.78, 5) is 11.8. The van der Waals surface area contributed by atoms with Gasteiger partial charge in [0, 0.05) is 37.9 Å². The first-order valence-corrected chi connectivity index (χ1v) is 7.96. The molecule has 0 aliphatic carbocycles. The number of nitrogens with zero attached hydrogens (tertiary/aromatic N) is 2. The first-order chi connectivity index (χ1) is 10.2. The molecule has 22 heavy (non-hydrogen) atoms. The maximum atomic E-state index is 11.8. The smallest absolute Gasteiger partial charge is 0.407 e. The van der Waals surface area contributed by atoms with E-state index in [0.29, 0.717) is 6.54 Å². The number of hydrogen-bond acceptors (Lipinski definition) is 4. The van der Waals surface area contributed by atoms with Gasteiger partial charge >= 0.3 is 6.09 Å². The standard InChI is InChI=1S/C16H30N4O2/c1-7-13(18-15(21)22-16(3,4)5)10-17-9-12-11-20(6)19-14(12)8-2/h11,13,17H,7-10H2,1-6H3,(H,18,21). The summed E-state index contributed by atoms with van der Waals surface area (Å²) in [5.41, 5.74) is 1.85. The highest BCUT2D eigenvalue weighted by Gasteiger charge is 2.18. The van der Waals surface area contributed by atoms with E-state index in [0.717, 1.165) is 25.1 Å². The van der Waals surface area contributed by atoms with Gasteiger partial charge in [-0.3, -0.25) is 4.68 Å². The normalized spacial score (nSPS) is 13.0. The number of aryl methyl sites for hydroxylation is 2. The minimum atomic E-state index is -0.471. The molecule has 1 heterocycles. The number of rotatable bonds is 7. The summed E-state index contributed by atoms with van der Waals surface area (Å²) in [5.74, 6) is 0. The molecule has 0 saturated carbocycles. The van der Waals surface area contributed by atoms with Gasteiger partial charge in [-0.15, -0.1) is 0 Å². The molecule has 0 aliphatic rings. The molecule has 1 rings (SSSR count). The number of ether oxygens (including phenoxy) is 1. The molecule has 0 radical (unpaired) electrons. The summed E-state index contributed by atoms with van der Waals surface area (Å²) < 4.78 is 7.12. The summed E-state index contributed by atoms with van der Waals surface area (Å²) in [7, 11) is 1.93. The van der Waals surface area contributed by atoms with Crippen LogP contribution in [-0.2, 0) is 24.8 Å². The van der Waals surface area contributed by atoms with Gasteiger partial charge in [0.1, 0.15) is 5.60 Å². The molecular weight excluding hydrogens is 280 g/mol. The lowest BCUT2D eigenvalue weighted by molar-refractivity contribution is 0.0502. The zero-order chi connectivity index (χ0) is 16.8. The molecule has 6 heteroatoms. The van der Waals surface area contributed by atoms with Crippen LogP contribution in [-0.4, -0.2) is 34.1 Å². The third-order valence-corrected chi connectivity index (χ3v) is 3.25. The van der Waals surface area contributed by atoms with E-state index in [2.05, 4.69) is 22.7 Å². The van der Waals surface area contributed by atoms with Gasteiger partial charge in [0.05, 0.1) is 5.69 Å². The second-order valence-corrected chi connectivity index (χ2v) is 6.51. The summed E-state index contributed by atoms with van der Waals surface area (Å²) in [5, 5.41) is 10.7. The van der Waals surface area contributed by atoms with Crippen LogP contribution >= 0.6 is 0 Å². The second-order valence-electron chi connectivity index (χ2n) is 6.51. The Morgan fingerprint density at radius 3 is 2.64 bits per heavy atom. The average Bonchev–Trinajstić information content (AvgIpc) is 2.75. The van der Waals surface area contributed by atoms with Gasteiger partial charge in [0.15, 0.2) is 0 Å². The van der Waals surface area contributed by atoms with Crippen molar-refractivity contribution in [3.63, 3.8) is 0 Å². The van der Waals surface area contributed by atoms with E-state index < -0.39 is 5.60 Å². The topological polar surface area (TPSA) is 68.2 Å². The molecule has 1 amide bonds. The highest BCUT2D eigenvalue weighted by molar-refractivity contribution is 5.68. The molecule has 2 N–H and O–H groups in total. The van der Waals surface area contributed by atoms with Crippen molar-refractivity contribution < 1.29 is 9.53 Å². The molecule has 6 nitrogen and oxygen atoms in total. The minimum absolute atomic E-state index is 0.0524. The van der Waals surface area contributed by atoms with E-state index in [1.165, 1.54) is 5.56 Å². The van der Waals surface area contributed by atoms with Crippen molar-refractivity contribution in [3.05, 3.63) is 17.5 Å². The van der Waals surface area contributed by atoms with Gasteiger partial charge in [0.2, 0.25) is 0 Å². The van der Waals surface area contributed by atoms with Crippen LogP contribution in [0.15, 0.2) is 6.20 Å². The summed E-state index contributed by atoms with van der Waals surface area (Å²) in [6.45, 7) is 11.2. The average molecular weight is 310 g/mol. The van der Waals surface area contributed by atoms with Crippen LogP contribution in [0.4, 0.5) is 4.79 Å². The van der Waals surface area contributed by atoms with Crippen LogP contribution < -0.4 is 10.6 Å². The summed E-state index contributed by atoms with van der Waals surface area (Å²) >= 11 is 0. The molecule has 1 unspecified atom stereocenters. The molecule has 0 aliphatic heterocycles. The van der Waals surface area contributed by atoms with E-state index in [1.807, 2.05) is 45.6 Å². The van der Waals surface area contributed by atoms with Crippen molar-refractivity contribution in [2.24, 2.45) is 7.05 Å². The Kier molecular flexibility index (Phi) is 6.87. The SMILES string of the molecule is CCc1nn(C)cc1CNCC(CC)NC(=O)OC(C)(C)C. The molecule has 0 spiro atoms. The predicted octanol–water partition coefficient (Wildman–Crippen LogP) is 2.38. The fourth-order valence-electron chi connectivity index (χ4n) is 2.18. The first kappa shape index (κ1) is 18.5. The number of alkyl carbamates (subject to hydrolysis) is 1. The molecular formula is C16H30N4O2. The fraction of sp³-hybridized carbons (Fsp3) is 0.750. The van der Waals surface area contributed by atoms with Crippen molar-refractivity contribution in [2.75, 3.05) is 6.54 Å². The molecule has 126 valence electrons. The summed E-state index contributed by atoms with van der Waals surface area (Å²) in [6.07, 6.45) is 3.44. The number of aromatic nitrogens is 2. The number of carbonyl (C=O) groups is 1. The van der Waals surface area contributed by atoms with Crippen molar-refractivity contribution in [2.45, 2.75) is 65.6 Å². The third-order valence-electron chi connectivity index (χ3n) is 3.25. The van der Waals surface area contributed by atoms with Crippen molar-refractivity contribution >= 4 is 6.09 Å². The Labute approximate surface area is 133 Å². The molecule has 1 atom stereocenters. The zero-order valence-electron chi connectivity index (χ0n) is 14.7. The van der Waals surface area contributed by atoms with E-state index in [1.54, 1.807) is 0 Å². The zero-order valence-corrected chi connectivity index (χ0v) is 14.7. The van der Waals surface area contributed by atoms with Gasteiger partial charge in [-0.25, -0.2) is 4.79 Å². The maximum Gasteiger partial charge on any atom is 0.407 e. The van der Waals surface area contributed by atoms with Crippen LogP contribution in [0.5, 0.6) is 0 Å². The largest absolute Gasteiger partial charge is 0.444 e. The Balaban J connectivity index is 2.42. The molecule has 1 aromatic heterocycles. The van der Waals surface area contributed by atoms with Gasteiger partial charge in [-0.1, -0.05) is 13.8 Å². The Morgan fingerprint density at radius 1 is 1.41 bits per heavy atom.